The maximum Gasteiger partial charge on any atom is 0.124 e. The number of para-hydroxylation sites is 1. The summed E-state index contributed by atoms with van der Waals surface area (Å²) in [6.45, 7) is 4.60. The number of nitrogens with one attached hydrogen (secondary N) is 1. The zero-order valence-corrected chi connectivity index (χ0v) is 10.5. The lowest BCUT2D eigenvalue weighted by molar-refractivity contribution is 0.309. The van der Waals surface area contributed by atoms with Gasteiger partial charge in [0.25, 0.3) is 0 Å². The van der Waals surface area contributed by atoms with Crippen LogP contribution in [0.4, 0.5) is 0 Å². The molecule has 1 aliphatic rings. The average Bonchev–Trinajstić information content (AvgIpc) is 3.02. The van der Waals surface area contributed by atoms with Gasteiger partial charge in [-0.1, -0.05) is 18.2 Å². The number of aromatic nitrogens is 2. The Hall–Kier alpha value is -1.81. The molecule has 2 aromatic rings. The summed E-state index contributed by atoms with van der Waals surface area (Å²) >= 11 is 0. The van der Waals surface area contributed by atoms with Crippen molar-refractivity contribution in [3.63, 3.8) is 0 Å². The predicted octanol–water partition coefficient (Wildman–Crippen LogP) is 2.13. The first-order chi connectivity index (χ1) is 8.88. The quantitative estimate of drug-likeness (QED) is 0.894. The Morgan fingerprint density at radius 1 is 1.44 bits per heavy atom. The third-order valence-corrected chi connectivity index (χ3v) is 3.37. The number of nitrogens with zero attached hydrogens (tertiary/aromatic N) is 2. The number of hydrogen-bond acceptors (Lipinski definition) is 3. The van der Waals surface area contributed by atoms with E-state index < -0.39 is 0 Å². The Balaban J connectivity index is 1.69. The van der Waals surface area contributed by atoms with Crippen molar-refractivity contribution in [2.75, 3.05) is 6.61 Å². The smallest absolute Gasteiger partial charge is 0.124 e. The Morgan fingerprint density at radius 2 is 2.33 bits per heavy atom. The zero-order valence-electron chi connectivity index (χ0n) is 10.5. The number of ether oxygens (including phenoxy) is 1. The largest absolute Gasteiger partial charge is 0.491 e. The Labute approximate surface area is 107 Å². The lowest BCUT2D eigenvalue weighted by atomic mass is 10.1. The highest BCUT2D eigenvalue weighted by Crippen LogP contribution is 2.31. The van der Waals surface area contributed by atoms with Crippen LogP contribution < -0.4 is 10.1 Å². The number of fused-ring (bicyclic) bond motifs is 1. The minimum atomic E-state index is 0.279. The summed E-state index contributed by atoms with van der Waals surface area (Å²) in [6, 6.07) is 8.48. The van der Waals surface area contributed by atoms with E-state index in [1.54, 1.807) is 0 Å². The van der Waals surface area contributed by atoms with Crippen molar-refractivity contribution in [1.82, 2.24) is 14.9 Å². The van der Waals surface area contributed by atoms with Crippen molar-refractivity contribution < 1.29 is 4.74 Å². The second kappa shape index (κ2) is 4.82. The van der Waals surface area contributed by atoms with Crippen molar-refractivity contribution in [1.29, 1.82) is 0 Å². The summed E-state index contributed by atoms with van der Waals surface area (Å²) in [6.07, 6.45) is 3.79. The first-order valence-electron chi connectivity index (χ1n) is 6.32. The molecular weight excluding hydrogens is 226 g/mol. The first-order valence-corrected chi connectivity index (χ1v) is 6.32. The molecule has 3 rings (SSSR count). The van der Waals surface area contributed by atoms with E-state index >= 15 is 0 Å². The summed E-state index contributed by atoms with van der Waals surface area (Å²) < 4.78 is 7.80. The van der Waals surface area contributed by atoms with E-state index in [-0.39, 0.29) is 6.04 Å². The van der Waals surface area contributed by atoms with E-state index in [9.17, 15) is 0 Å². The number of imidazole rings is 1. The van der Waals surface area contributed by atoms with Crippen LogP contribution in [0.3, 0.4) is 0 Å². The summed E-state index contributed by atoms with van der Waals surface area (Å²) in [5.74, 6) is 0.999. The molecule has 0 aliphatic carbocycles. The molecule has 1 aromatic carbocycles. The molecule has 18 heavy (non-hydrogen) atoms. The van der Waals surface area contributed by atoms with Gasteiger partial charge < -0.3 is 14.6 Å². The van der Waals surface area contributed by atoms with Crippen LogP contribution >= 0.6 is 0 Å². The molecule has 0 saturated heterocycles. The third-order valence-electron chi connectivity index (χ3n) is 3.37. The summed E-state index contributed by atoms with van der Waals surface area (Å²) in [5, 5.41) is 3.53. The third kappa shape index (κ3) is 1.99. The summed E-state index contributed by atoms with van der Waals surface area (Å²) in [7, 11) is 0. The fourth-order valence-corrected chi connectivity index (χ4v) is 2.34. The highest BCUT2D eigenvalue weighted by atomic mass is 16.5. The number of hydrogen-bond donors (Lipinski definition) is 1. The number of rotatable bonds is 4. The minimum Gasteiger partial charge on any atom is -0.491 e. The van der Waals surface area contributed by atoms with Gasteiger partial charge in [-0.2, -0.15) is 0 Å². The SMILES string of the molecule is CCn1cncc1CNC1COc2ccccc21. The van der Waals surface area contributed by atoms with E-state index in [1.807, 2.05) is 24.7 Å². The molecule has 4 heteroatoms. The maximum atomic E-state index is 5.65. The monoisotopic (exact) mass is 243 g/mol. The van der Waals surface area contributed by atoms with Gasteiger partial charge in [-0.3, -0.25) is 0 Å². The Morgan fingerprint density at radius 3 is 3.22 bits per heavy atom. The van der Waals surface area contributed by atoms with Gasteiger partial charge >= 0.3 is 0 Å². The van der Waals surface area contributed by atoms with Gasteiger partial charge in [-0.05, 0) is 13.0 Å². The second-order valence-electron chi connectivity index (χ2n) is 4.45. The molecule has 0 radical (unpaired) electrons. The Kier molecular flexibility index (Phi) is 3.02. The molecule has 1 aromatic heterocycles. The predicted molar refractivity (Wildman–Crippen MR) is 69.4 cm³/mol. The van der Waals surface area contributed by atoms with Gasteiger partial charge in [0.05, 0.1) is 18.1 Å². The van der Waals surface area contributed by atoms with Crippen LogP contribution in [0.15, 0.2) is 36.8 Å². The number of aryl methyl sites for hydroxylation is 1. The van der Waals surface area contributed by atoms with E-state index in [0.29, 0.717) is 6.61 Å². The van der Waals surface area contributed by atoms with E-state index in [1.165, 1.54) is 11.3 Å². The highest BCUT2D eigenvalue weighted by molar-refractivity contribution is 5.39. The fourth-order valence-electron chi connectivity index (χ4n) is 2.34. The standard InChI is InChI=1S/C14H17N3O/c1-2-17-10-15-7-11(17)8-16-13-9-18-14-6-4-3-5-12(13)14/h3-7,10,13,16H,2,8-9H2,1H3. The summed E-state index contributed by atoms with van der Waals surface area (Å²) in [4.78, 5) is 4.17. The van der Waals surface area contributed by atoms with Gasteiger partial charge in [0.2, 0.25) is 0 Å². The van der Waals surface area contributed by atoms with Crippen molar-refractivity contribution in [3.05, 3.63) is 48.0 Å². The van der Waals surface area contributed by atoms with Crippen molar-refractivity contribution in [2.45, 2.75) is 26.1 Å². The molecule has 1 aliphatic heterocycles. The highest BCUT2D eigenvalue weighted by Gasteiger charge is 2.22. The van der Waals surface area contributed by atoms with E-state index in [4.69, 9.17) is 4.74 Å². The normalized spacial score (nSPS) is 17.5. The first kappa shape index (κ1) is 11.3. The average molecular weight is 243 g/mol. The van der Waals surface area contributed by atoms with Crippen molar-refractivity contribution in [2.24, 2.45) is 0 Å². The molecule has 1 atom stereocenters. The zero-order chi connectivity index (χ0) is 12.4. The van der Waals surface area contributed by atoms with Gasteiger partial charge in [-0.15, -0.1) is 0 Å². The molecule has 94 valence electrons. The lowest BCUT2D eigenvalue weighted by Crippen LogP contribution is -2.23. The van der Waals surface area contributed by atoms with Crippen LogP contribution in [-0.2, 0) is 13.1 Å². The lowest BCUT2D eigenvalue weighted by Gasteiger charge is -2.12. The fraction of sp³-hybridized carbons (Fsp3) is 0.357. The second-order valence-corrected chi connectivity index (χ2v) is 4.45. The molecule has 0 fully saturated rings. The van der Waals surface area contributed by atoms with Crippen LogP contribution in [0.2, 0.25) is 0 Å². The maximum absolute atomic E-state index is 5.65. The van der Waals surface area contributed by atoms with Crippen LogP contribution in [0.1, 0.15) is 24.2 Å². The van der Waals surface area contributed by atoms with Crippen molar-refractivity contribution in [3.8, 4) is 5.75 Å². The van der Waals surface area contributed by atoms with E-state index in [2.05, 4.69) is 33.9 Å². The summed E-state index contributed by atoms with van der Waals surface area (Å²) in [5.41, 5.74) is 2.46. The molecule has 0 spiro atoms. The molecule has 4 nitrogen and oxygen atoms in total. The molecule has 0 saturated carbocycles. The van der Waals surface area contributed by atoms with E-state index in [0.717, 1.165) is 18.8 Å². The van der Waals surface area contributed by atoms with Gasteiger partial charge in [0.1, 0.15) is 12.4 Å². The molecule has 2 heterocycles. The van der Waals surface area contributed by atoms with Gasteiger partial charge in [-0.25, -0.2) is 4.98 Å². The molecule has 1 unspecified atom stereocenters. The minimum absolute atomic E-state index is 0.279. The number of benzene rings is 1. The van der Waals surface area contributed by atoms with Gasteiger partial charge in [0.15, 0.2) is 0 Å². The molecule has 0 amide bonds. The Bertz CT molecular complexity index is 535. The van der Waals surface area contributed by atoms with Crippen molar-refractivity contribution >= 4 is 0 Å². The van der Waals surface area contributed by atoms with Crippen LogP contribution in [0.25, 0.3) is 0 Å². The van der Waals surface area contributed by atoms with Gasteiger partial charge in [0, 0.05) is 24.8 Å². The molecule has 1 N–H and O–H groups in total. The molecule has 0 bridgehead atoms. The molecular formula is C14H17N3O. The van der Waals surface area contributed by atoms with Crippen LogP contribution in [-0.4, -0.2) is 16.2 Å². The van der Waals surface area contributed by atoms with Crippen LogP contribution in [0.5, 0.6) is 5.75 Å². The topological polar surface area (TPSA) is 39.1 Å². The van der Waals surface area contributed by atoms with Crippen LogP contribution in [0, 0.1) is 0 Å².